The van der Waals surface area contributed by atoms with Crippen LogP contribution in [-0.2, 0) is 5.54 Å². The lowest BCUT2D eigenvalue weighted by atomic mass is 9.88. The quantitative estimate of drug-likeness (QED) is 0.504. The Hall–Kier alpha value is -3.67. The summed E-state index contributed by atoms with van der Waals surface area (Å²) < 4.78 is 1.50. The molecule has 0 atom stereocenters. The Morgan fingerprint density at radius 3 is 2.50 bits per heavy atom. The Kier molecular flexibility index (Phi) is 4.93. The van der Waals surface area contributed by atoms with Gasteiger partial charge in [-0.15, -0.1) is 5.10 Å². The molecule has 162 valence electrons. The summed E-state index contributed by atoms with van der Waals surface area (Å²) in [7, 11) is 0. The fourth-order valence-electron chi connectivity index (χ4n) is 4.66. The Labute approximate surface area is 186 Å². The van der Waals surface area contributed by atoms with Crippen molar-refractivity contribution in [3.05, 3.63) is 93.4 Å². The van der Waals surface area contributed by atoms with Gasteiger partial charge in [-0.05, 0) is 55.5 Å². The molecule has 2 N–H and O–H groups in total. The van der Waals surface area contributed by atoms with Crippen molar-refractivity contribution >= 4 is 11.4 Å². The number of hydrogen-bond acceptors (Lipinski definition) is 3. The van der Waals surface area contributed by atoms with Crippen LogP contribution in [0.2, 0.25) is 0 Å². The van der Waals surface area contributed by atoms with Crippen LogP contribution in [0, 0.1) is 13.8 Å². The Balaban J connectivity index is 1.49. The first kappa shape index (κ1) is 20.2. The summed E-state index contributed by atoms with van der Waals surface area (Å²) in [6, 6.07) is 17.7. The van der Waals surface area contributed by atoms with E-state index in [-0.39, 0.29) is 17.0 Å². The van der Waals surface area contributed by atoms with Gasteiger partial charge in [0.15, 0.2) is 5.82 Å². The SMILES string of the molecule is Cc1ccc(-c2nn3cc(C(=O)NC4(c5ccccc5)CCCC4)cc3c(=O)[nH]2)cc1C. The molecule has 2 aromatic carbocycles. The van der Waals surface area contributed by atoms with E-state index in [0.717, 1.165) is 42.4 Å². The number of aromatic amines is 1. The molecule has 1 aliphatic rings. The first-order chi connectivity index (χ1) is 15.4. The van der Waals surface area contributed by atoms with Crippen molar-refractivity contribution in [2.24, 2.45) is 0 Å². The van der Waals surface area contributed by atoms with Crippen molar-refractivity contribution < 1.29 is 4.79 Å². The van der Waals surface area contributed by atoms with E-state index < -0.39 is 0 Å². The van der Waals surface area contributed by atoms with Gasteiger partial charge in [-0.25, -0.2) is 4.52 Å². The summed E-state index contributed by atoms with van der Waals surface area (Å²) in [5, 5.41) is 7.84. The molecule has 0 bridgehead atoms. The number of carbonyl (C=O) groups is 1. The molecular formula is C26H26N4O2. The molecule has 6 nitrogen and oxygen atoms in total. The van der Waals surface area contributed by atoms with Crippen LogP contribution in [0.3, 0.4) is 0 Å². The van der Waals surface area contributed by atoms with E-state index in [1.165, 1.54) is 10.1 Å². The number of carbonyl (C=O) groups excluding carboxylic acids is 1. The molecule has 5 rings (SSSR count). The molecule has 1 saturated carbocycles. The van der Waals surface area contributed by atoms with E-state index >= 15 is 0 Å². The first-order valence-electron chi connectivity index (χ1n) is 11.0. The van der Waals surface area contributed by atoms with Gasteiger partial charge in [0.1, 0.15) is 5.52 Å². The number of aromatic nitrogens is 3. The van der Waals surface area contributed by atoms with Crippen LogP contribution in [0.5, 0.6) is 0 Å². The van der Waals surface area contributed by atoms with Gasteiger partial charge in [-0.2, -0.15) is 0 Å². The minimum Gasteiger partial charge on any atom is -0.342 e. The fourth-order valence-corrected chi connectivity index (χ4v) is 4.66. The summed E-state index contributed by atoms with van der Waals surface area (Å²) in [5.74, 6) is 0.290. The summed E-state index contributed by atoms with van der Waals surface area (Å²) in [6.07, 6.45) is 5.61. The highest BCUT2D eigenvalue weighted by Gasteiger charge is 2.37. The van der Waals surface area contributed by atoms with Crippen molar-refractivity contribution in [1.82, 2.24) is 19.9 Å². The molecule has 0 saturated heterocycles. The fraction of sp³-hybridized carbons (Fsp3) is 0.269. The smallest absolute Gasteiger partial charge is 0.275 e. The number of fused-ring (bicyclic) bond motifs is 1. The monoisotopic (exact) mass is 426 g/mol. The maximum Gasteiger partial charge on any atom is 0.275 e. The largest absolute Gasteiger partial charge is 0.342 e. The summed E-state index contributed by atoms with van der Waals surface area (Å²) in [4.78, 5) is 28.8. The second-order valence-electron chi connectivity index (χ2n) is 8.77. The predicted molar refractivity (Wildman–Crippen MR) is 125 cm³/mol. The number of benzene rings is 2. The molecular weight excluding hydrogens is 400 g/mol. The van der Waals surface area contributed by atoms with Crippen molar-refractivity contribution in [2.75, 3.05) is 0 Å². The molecule has 1 aliphatic carbocycles. The topological polar surface area (TPSA) is 79.3 Å². The molecule has 0 radical (unpaired) electrons. The highest BCUT2D eigenvalue weighted by Crippen LogP contribution is 2.39. The zero-order valence-corrected chi connectivity index (χ0v) is 18.3. The van der Waals surface area contributed by atoms with E-state index in [1.807, 2.05) is 50.2 Å². The maximum atomic E-state index is 13.2. The number of hydrogen-bond donors (Lipinski definition) is 2. The van der Waals surface area contributed by atoms with Gasteiger partial charge < -0.3 is 10.3 Å². The molecule has 6 heteroatoms. The molecule has 0 unspecified atom stereocenters. The third kappa shape index (κ3) is 3.51. The lowest BCUT2D eigenvalue weighted by Crippen LogP contribution is -2.43. The molecule has 2 heterocycles. The minimum atomic E-state index is -0.364. The average Bonchev–Trinajstić information content (AvgIpc) is 3.44. The number of nitrogens with zero attached hydrogens (tertiary/aromatic N) is 2. The van der Waals surface area contributed by atoms with Crippen LogP contribution in [0.25, 0.3) is 16.9 Å². The predicted octanol–water partition coefficient (Wildman–Crippen LogP) is 4.51. The summed E-state index contributed by atoms with van der Waals surface area (Å²) in [5.41, 5.74) is 4.41. The van der Waals surface area contributed by atoms with Gasteiger partial charge in [0.25, 0.3) is 11.5 Å². The Morgan fingerprint density at radius 1 is 1.03 bits per heavy atom. The zero-order valence-electron chi connectivity index (χ0n) is 18.3. The van der Waals surface area contributed by atoms with Crippen LogP contribution in [0.1, 0.15) is 52.7 Å². The normalized spacial score (nSPS) is 15.2. The van der Waals surface area contributed by atoms with Crippen LogP contribution in [0.4, 0.5) is 0 Å². The molecule has 1 amide bonds. The van der Waals surface area contributed by atoms with E-state index in [9.17, 15) is 9.59 Å². The van der Waals surface area contributed by atoms with E-state index in [4.69, 9.17) is 0 Å². The summed E-state index contributed by atoms with van der Waals surface area (Å²) in [6.45, 7) is 4.07. The second kappa shape index (κ2) is 7.79. The zero-order chi connectivity index (χ0) is 22.3. The maximum absolute atomic E-state index is 13.2. The van der Waals surface area contributed by atoms with Crippen molar-refractivity contribution in [3.8, 4) is 11.4 Å². The van der Waals surface area contributed by atoms with Crippen LogP contribution < -0.4 is 10.9 Å². The average molecular weight is 427 g/mol. The number of H-pyrrole nitrogens is 1. The van der Waals surface area contributed by atoms with Gasteiger partial charge in [-0.3, -0.25) is 9.59 Å². The highest BCUT2D eigenvalue weighted by atomic mass is 16.2. The third-order valence-electron chi connectivity index (χ3n) is 6.65. The van der Waals surface area contributed by atoms with Gasteiger partial charge in [0, 0.05) is 11.8 Å². The minimum absolute atomic E-state index is 0.187. The van der Waals surface area contributed by atoms with Crippen molar-refractivity contribution in [2.45, 2.75) is 45.1 Å². The first-order valence-corrected chi connectivity index (χ1v) is 11.0. The van der Waals surface area contributed by atoms with Crippen molar-refractivity contribution in [1.29, 1.82) is 0 Å². The van der Waals surface area contributed by atoms with Gasteiger partial charge in [-0.1, -0.05) is 55.3 Å². The number of amides is 1. The van der Waals surface area contributed by atoms with Gasteiger partial charge in [0.05, 0.1) is 11.1 Å². The van der Waals surface area contributed by atoms with E-state index in [0.29, 0.717) is 16.9 Å². The standard InChI is InChI=1S/C26H26N4O2/c1-17-10-11-19(14-18(17)2)23-27-25(32)22-15-20(16-30(22)29-23)24(31)28-26(12-6-7-13-26)21-8-4-3-5-9-21/h3-5,8-11,14-16H,6-7,12-13H2,1-2H3,(H,28,31)(H,27,29,32). The molecule has 32 heavy (non-hydrogen) atoms. The molecule has 4 aromatic rings. The van der Waals surface area contributed by atoms with E-state index in [2.05, 4.69) is 27.5 Å². The molecule has 1 fully saturated rings. The Bertz CT molecular complexity index is 1360. The Morgan fingerprint density at radius 2 is 1.78 bits per heavy atom. The molecule has 2 aromatic heterocycles. The van der Waals surface area contributed by atoms with Crippen LogP contribution in [-0.4, -0.2) is 20.5 Å². The highest BCUT2D eigenvalue weighted by molar-refractivity contribution is 5.96. The van der Waals surface area contributed by atoms with Gasteiger partial charge in [0.2, 0.25) is 0 Å². The number of rotatable bonds is 4. The van der Waals surface area contributed by atoms with Crippen LogP contribution >= 0.6 is 0 Å². The molecule has 0 aliphatic heterocycles. The lowest BCUT2D eigenvalue weighted by Gasteiger charge is -2.31. The van der Waals surface area contributed by atoms with E-state index in [1.54, 1.807) is 12.3 Å². The second-order valence-corrected chi connectivity index (χ2v) is 8.77. The number of nitrogens with one attached hydrogen (secondary N) is 2. The van der Waals surface area contributed by atoms with Crippen LogP contribution in [0.15, 0.2) is 65.6 Å². The molecule has 0 spiro atoms. The van der Waals surface area contributed by atoms with Gasteiger partial charge >= 0.3 is 0 Å². The third-order valence-corrected chi connectivity index (χ3v) is 6.65. The lowest BCUT2D eigenvalue weighted by molar-refractivity contribution is 0.0898. The number of aryl methyl sites for hydroxylation is 2. The summed E-state index contributed by atoms with van der Waals surface area (Å²) >= 11 is 0. The van der Waals surface area contributed by atoms with Crippen molar-refractivity contribution in [3.63, 3.8) is 0 Å².